The molecule has 1 atom stereocenters. The average Bonchev–Trinajstić information content (AvgIpc) is 2.91. The third kappa shape index (κ3) is 3.87. The number of nitrogens with one attached hydrogen (secondary N) is 1. The van der Waals surface area contributed by atoms with Crippen molar-refractivity contribution < 1.29 is 9.59 Å². The molecule has 0 saturated carbocycles. The second-order valence-electron chi connectivity index (χ2n) is 6.62. The number of rotatable bonds is 4. The molecule has 2 aliphatic heterocycles. The van der Waals surface area contributed by atoms with Crippen molar-refractivity contribution >= 4 is 35.8 Å². The summed E-state index contributed by atoms with van der Waals surface area (Å²) in [7, 11) is 0. The number of carbonyl (C=O) groups is 2. The zero-order chi connectivity index (χ0) is 18.1. The van der Waals surface area contributed by atoms with Crippen LogP contribution in [0.4, 0.5) is 0 Å². The number of nitrogens with zero attached hydrogens (tertiary/aromatic N) is 2. The molecule has 0 bridgehead atoms. The van der Waals surface area contributed by atoms with Gasteiger partial charge in [-0.2, -0.15) is 0 Å². The number of hydrogen-bond acceptors (Lipinski definition) is 4. The highest BCUT2D eigenvalue weighted by Gasteiger charge is 2.35. The van der Waals surface area contributed by atoms with Crippen LogP contribution in [0, 0.1) is 0 Å². The maximum Gasteiger partial charge on any atom is 0.261 e. The number of piperazine rings is 1. The minimum absolute atomic E-state index is 0. The topological polar surface area (TPSA) is 52.7 Å². The van der Waals surface area contributed by atoms with E-state index in [1.807, 2.05) is 18.2 Å². The Morgan fingerprint density at radius 3 is 2.37 bits per heavy atom. The van der Waals surface area contributed by atoms with E-state index < -0.39 is 0 Å². The van der Waals surface area contributed by atoms with E-state index in [4.69, 9.17) is 11.6 Å². The molecule has 0 radical (unpaired) electrons. The normalized spacial score (nSPS) is 19.7. The van der Waals surface area contributed by atoms with Crippen LogP contribution in [0.3, 0.4) is 0 Å². The largest absolute Gasteiger partial charge is 0.314 e. The molecule has 2 aromatic carbocycles. The Balaban J connectivity index is 0.00000210. The Hall–Kier alpha value is -1.92. The highest BCUT2D eigenvalue weighted by atomic mass is 35.5. The van der Waals surface area contributed by atoms with Crippen LogP contribution in [0.5, 0.6) is 0 Å². The summed E-state index contributed by atoms with van der Waals surface area (Å²) < 4.78 is 0. The van der Waals surface area contributed by atoms with Gasteiger partial charge in [-0.25, -0.2) is 0 Å². The molecular weight excluding hydrogens is 385 g/mol. The molecule has 1 fully saturated rings. The lowest BCUT2D eigenvalue weighted by atomic mass is 10.0. The molecule has 1 saturated heterocycles. The van der Waals surface area contributed by atoms with Gasteiger partial charge in [0.1, 0.15) is 0 Å². The average molecular weight is 406 g/mol. The van der Waals surface area contributed by atoms with E-state index in [9.17, 15) is 9.59 Å². The predicted octanol–water partition coefficient (Wildman–Crippen LogP) is 3.00. The SMILES string of the molecule is Cl.O=C1c2ccccc2C(=O)N1CCN1CCNCC1c1cccc(Cl)c1. The quantitative estimate of drug-likeness (QED) is 0.794. The molecule has 27 heavy (non-hydrogen) atoms. The van der Waals surface area contributed by atoms with Crippen LogP contribution in [-0.2, 0) is 0 Å². The van der Waals surface area contributed by atoms with Gasteiger partial charge >= 0.3 is 0 Å². The Morgan fingerprint density at radius 1 is 1.00 bits per heavy atom. The van der Waals surface area contributed by atoms with Crippen molar-refractivity contribution in [3.8, 4) is 0 Å². The standard InChI is InChI=1S/C20H20ClN3O2.ClH/c21-15-5-3-4-14(12-15)18-13-22-8-9-23(18)10-11-24-19(25)16-6-1-2-7-17(16)20(24)26;/h1-7,12,18,22H,8-11,13H2;1H. The van der Waals surface area contributed by atoms with E-state index in [0.29, 0.717) is 29.2 Å². The number of hydrogen-bond donors (Lipinski definition) is 1. The lowest BCUT2D eigenvalue weighted by Crippen LogP contribution is -2.49. The molecule has 1 unspecified atom stereocenters. The lowest BCUT2D eigenvalue weighted by molar-refractivity contribution is 0.0614. The van der Waals surface area contributed by atoms with Crippen molar-refractivity contribution in [2.24, 2.45) is 0 Å². The second-order valence-corrected chi connectivity index (χ2v) is 7.05. The Bertz CT molecular complexity index is 824. The fourth-order valence-corrected chi connectivity index (χ4v) is 3.93. The van der Waals surface area contributed by atoms with Gasteiger partial charge in [0.25, 0.3) is 11.8 Å². The minimum atomic E-state index is -0.194. The molecule has 1 N–H and O–H groups in total. The highest BCUT2D eigenvalue weighted by Crippen LogP contribution is 2.26. The molecule has 0 spiro atoms. The Kier molecular flexibility index (Phi) is 6.17. The molecule has 5 nitrogen and oxygen atoms in total. The number of amides is 2. The van der Waals surface area contributed by atoms with Gasteiger partial charge in [-0.1, -0.05) is 35.9 Å². The number of benzene rings is 2. The van der Waals surface area contributed by atoms with Crippen molar-refractivity contribution in [2.45, 2.75) is 6.04 Å². The first-order valence-electron chi connectivity index (χ1n) is 8.80. The van der Waals surface area contributed by atoms with E-state index in [1.54, 1.807) is 24.3 Å². The second kappa shape index (κ2) is 8.40. The third-order valence-electron chi connectivity index (χ3n) is 5.08. The number of halogens is 2. The van der Waals surface area contributed by atoms with Crippen molar-refractivity contribution in [1.29, 1.82) is 0 Å². The fraction of sp³-hybridized carbons (Fsp3) is 0.300. The fourth-order valence-electron chi connectivity index (χ4n) is 3.73. The molecule has 2 heterocycles. The van der Waals surface area contributed by atoms with Gasteiger partial charge in [0.15, 0.2) is 0 Å². The van der Waals surface area contributed by atoms with Crippen molar-refractivity contribution in [3.05, 3.63) is 70.2 Å². The summed E-state index contributed by atoms with van der Waals surface area (Å²) in [6, 6.07) is 15.1. The summed E-state index contributed by atoms with van der Waals surface area (Å²) >= 11 is 6.15. The van der Waals surface area contributed by atoms with E-state index in [-0.39, 0.29) is 30.3 Å². The van der Waals surface area contributed by atoms with Crippen LogP contribution < -0.4 is 5.32 Å². The molecule has 0 aromatic heterocycles. The predicted molar refractivity (Wildman–Crippen MR) is 108 cm³/mol. The van der Waals surface area contributed by atoms with Gasteiger partial charge in [-0.15, -0.1) is 12.4 Å². The van der Waals surface area contributed by atoms with E-state index in [0.717, 1.165) is 25.2 Å². The maximum absolute atomic E-state index is 12.5. The van der Waals surface area contributed by atoms with Crippen LogP contribution in [-0.4, -0.2) is 54.3 Å². The van der Waals surface area contributed by atoms with Crippen molar-refractivity contribution in [2.75, 3.05) is 32.7 Å². The van der Waals surface area contributed by atoms with E-state index in [1.165, 1.54) is 4.90 Å². The maximum atomic E-state index is 12.5. The Morgan fingerprint density at radius 2 is 1.70 bits per heavy atom. The molecular formula is C20H21Cl2N3O2. The molecule has 0 aliphatic carbocycles. The number of carbonyl (C=O) groups excluding carboxylic acids is 2. The van der Waals surface area contributed by atoms with Crippen LogP contribution in [0.1, 0.15) is 32.3 Å². The van der Waals surface area contributed by atoms with Crippen LogP contribution >= 0.6 is 24.0 Å². The molecule has 7 heteroatoms. The summed E-state index contributed by atoms with van der Waals surface area (Å²) in [5.74, 6) is -0.389. The summed E-state index contributed by atoms with van der Waals surface area (Å²) in [5.41, 5.74) is 2.15. The van der Waals surface area contributed by atoms with Gasteiger partial charge in [0.2, 0.25) is 0 Å². The van der Waals surface area contributed by atoms with Gasteiger partial charge in [-0.3, -0.25) is 19.4 Å². The third-order valence-corrected chi connectivity index (χ3v) is 5.31. The smallest absolute Gasteiger partial charge is 0.261 e. The highest BCUT2D eigenvalue weighted by molar-refractivity contribution is 6.30. The van der Waals surface area contributed by atoms with Crippen LogP contribution in [0.25, 0.3) is 0 Å². The minimum Gasteiger partial charge on any atom is -0.314 e. The summed E-state index contributed by atoms with van der Waals surface area (Å²) in [5, 5.41) is 4.13. The van der Waals surface area contributed by atoms with E-state index >= 15 is 0 Å². The van der Waals surface area contributed by atoms with Gasteiger partial charge in [0, 0.05) is 43.8 Å². The first-order valence-corrected chi connectivity index (χ1v) is 9.18. The molecule has 4 rings (SSSR count). The first kappa shape index (κ1) is 19.8. The van der Waals surface area contributed by atoms with Crippen LogP contribution in [0.2, 0.25) is 5.02 Å². The van der Waals surface area contributed by atoms with Gasteiger partial charge < -0.3 is 5.32 Å². The zero-order valence-electron chi connectivity index (χ0n) is 14.7. The molecule has 2 aromatic rings. The summed E-state index contributed by atoms with van der Waals surface area (Å²) in [6.45, 7) is 3.61. The van der Waals surface area contributed by atoms with Crippen molar-refractivity contribution in [3.63, 3.8) is 0 Å². The van der Waals surface area contributed by atoms with E-state index in [2.05, 4.69) is 16.3 Å². The number of imide groups is 1. The molecule has 2 aliphatic rings. The van der Waals surface area contributed by atoms with Gasteiger partial charge in [-0.05, 0) is 29.8 Å². The summed E-state index contributed by atoms with van der Waals surface area (Å²) in [6.07, 6.45) is 0. The zero-order valence-corrected chi connectivity index (χ0v) is 16.3. The molecule has 2 amide bonds. The number of fused-ring (bicyclic) bond motifs is 1. The monoisotopic (exact) mass is 405 g/mol. The van der Waals surface area contributed by atoms with Crippen molar-refractivity contribution in [1.82, 2.24) is 15.1 Å². The van der Waals surface area contributed by atoms with Gasteiger partial charge in [0.05, 0.1) is 11.1 Å². The Labute approximate surface area is 169 Å². The van der Waals surface area contributed by atoms with Crippen LogP contribution in [0.15, 0.2) is 48.5 Å². The molecule has 142 valence electrons. The summed E-state index contributed by atoms with van der Waals surface area (Å²) in [4.78, 5) is 28.7. The first-order chi connectivity index (χ1) is 12.6. The lowest BCUT2D eigenvalue weighted by Gasteiger charge is -2.37.